The van der Waals surface area contributed by atoms with Crippen LogP contribution in [0, 0.1) is 6.92 Å². The Morgan fingerprint density at radius 3 is 2.83 bits per heavy atom. The first kappa shape index (κ1) is 17.8. The highest BCUT2D eigenvalue weighted by atomic mass is 15.4. The molecule has 3 aromatic heterocycles. The standard InChI is InChI=1S/C22H23N7/c1-16-25-21-10-9-19(15-29(21)26-16)24-13-18-14-28(20-7-3-2-4-8-20)27-22(18)17-6-5-11-23-12-17/h2-8,11-12,14,19,24H,9-10,13,15H2,1H3. The predicted octanol–water partition coefficient (Wildman–Crippen LogP) is 2.94. The molecule has 1 aliphatic heterocycles. The highest BCUT2D eigenvalue weighted by molar-refractivity contribution is 5.62. The van der Waals surface area contributed by atoms with Crippen LogP contribution in [0.4, 0.5) is 0 Å². The molecule has 4 heterocycles. The monoisotopic (exact) mass is 385 g/mol. The molecule has 1 N–H and O–H groups in total. The van der Waals surface area contributed by atoms with E-state index in [1.54, 1.807) is 6.20 Å². The SMILES string of the molecule is Cc1nc2n(n1)CC(NCc1cn(-c3ccccc3)nc1-c1cccnc1)CC2. The Morgan fingerprint density at radius 1 is 1.10 bits per heavy atom. The van der Waals surface area contributed by atoms with E-state index in [0.29, 0.717) is 6.04 Å². The number of benzene rings is 1. The van der Waals surface area contributed by atoms with E-state index in [-0.39, 0.29) is 0 Å². The van der Waals surface area contributed by atoms with Crippen molar-refractivity contribution >= 4 is 0 Å². The second-order valence-corrected chi connectivity index (χ2v) is 7.40. The molecule has 146 valence electrons. The zero-order valence-electron chi connectivity index (χ0n) is 16.4. The largest absolute Gasteiger partial charge is 0.308 e. The van der Waals surface area contributed by atoms with Crippen molar-refractivity contribution < 1.29 is 0 Å². The van der Waals surface area contributed by atoms with E-state index in [9.17, 15) is 0 Å². The maximum Gasteiger partial charge on any atom is 0.147 e. The number of nitrogens with one attached hydrogen (secondary N) is 1. The second kappa shape index (κ2) is 7.60. The first-order chi connectivity index (χ1) is 14.3. The Hall–Kier alpha value is -3.32. The number of hydrogen-bond acceptors (Lipinski definition) is 5. The summed E-state index contributed by atoms with van der Waals surface area (Å²) in [7, 11) is 0. The summed E-state index contributed by atoms with van der Waals surface area (Å²) in [6.07, 6.45) is 7.78. The van der Waals surface area contributed by atoms with Crippen molar-refractivity contribution in [1.82, 2.24) is 34.8 Å². The molecule has 1 atom stereocenters. The van der Waals surface area contributed by atoms with Gasteiger partial charge in [0.15, 0.2) is 0 Å². The Morgan fingerprint density at radius 2 is 2.00 bits per heavy atom. The molecule has 0 saturated heterocycles. The fraction of sp³-hybridized carbons (Fsp3) is 0.273. The van der Waals surface area contributed by atoms with Crippen molar-refractivity contribution in [3.05, 3.63) is 78.3 Å². The number of para-hydroxylation sites is 1. The lowest BCUT2D eigenvalue weighted by Crippen LogP contribution is -2.37. The molecule has 5 rings (SSSR count). The van der Waals surface area contributed by atoms with Gasteiger partial charge in [-0.3, -0.25) is 4.98 Å². The molecule has 7 nitrogen and oxygen atoms in total. The Kier molecular flexibility index (Phi) is 4.65. The first-order valence-electron chi connectivity index (χ1n) is 9.94. The fourth-order valence-corrected chi connectivity index (χ4v) is 3.85. The number of hydrogen-bond donors (Lipinski definition) is 1. The highest BCUT2D eigenvalue weighted by Gasteiger charge is 2.21. The molecule has 0 spiro atoms. The van der Waals surface area contributed by atoms with Gasteiger partial charge in [0.1, 0.15) is 11.6 Å². The fourth-order valence-electron chi connectivity index (χ4n) is 3.85. The smallest absolute Gasteiger partial charge is 0.147 e. The summed E-state index contributed by atoms with van der Waals surface area (Å²) in [4.78, 5) is 8.77. The van der Waals surface area contributed by atoms with Gasteiger partial charge < -0.3 is 5.32 Å². The van der Waals surface area contributed by atoms with Crippen LogP contribution in [-0.2, 0) is 19.5 Å². The molecule has 1 aromatic carbocycles. The van der Waals surface area contributed by atoms with E-state index in [4.69, 9.17) is 5.10 Å². The quantitative estimate of drug-likeness (QED) is 0.572. The summed E-state index contributed by atoms with van der Waals surface area (Å²) in [5.74, 6) is 1.94. The Labute approximate surface area is 169 Å². The van der Waals surface area contributed by atoms with Gasteiger partial charge in [0, 0.05) is 48.7 Å². The molecule has 7 heteroatoms. The van der Waals surface area contributed by atoms with Gasteiger partial charge in [-0.05, 0) is 37.6 Å². The van der Waals surface area contributed by atoms with Crippen LogP contribution in [0.1, 0.15) is 23.6 Å². The minimum absolute atomic E-state index is 0.366. The van der Waals surface area contributed by atoms with Gasteiger partial charge >= 0.3 is 0 Å². The van der Waals surface area contributed by atoms with Crippen molar-refractivity contribution in [3.8, 4) is 16.9 Å². The van der Waals surface area contributed by atoms with Crippen molar-refractivity contribution in [1.29, 1.82) is 0 Å². The van der Waals surface area contributed by atoms with Crippen LogP contribution in [0.5, 0.6) is 0 Å². The number of pyridine rings is 1. The van der Waals surface area contributed by atoms with Gasteiger partial charge in [-0.1, -0.05) is 18.2 Å². The highest BCUT2D eigenvalue weighted by Crippen LogP contribution is 2.23. The maximum absolute atomic E-state index is 4.86. The molecule has 1 aliphatic rings. The predicted molar refractivity (Wildman–Crippen MR) is 111 cm³/mol. The molecule has 4 aromatic rings. The topological polar surface area (TPSA) is 73.5 Å². The Bertz CT molecular complexity index is 1100. The van der Waals surface area contributed by atoms with Crippen LogP contribution in [0.15, 0.2) is 61.1 Å². The summed E-state index contributed by atoms with van der Waals surface area (Å²) in [6, 6.07) is 14.6. The third-order valence-corrected chi connectivity index (χ3v) is 5.29. The van der Waals surface area contributed by atoms with Gasteiger partial charge in [-0.25, -0.2) is 14.3 Å². The zero-order valence-corrected chi connectivity index (χ0v) is 16.4. The van der Waals surface area contributed by atoms with Gasteiger partial charge in [0.2, 0.25) is 0 Å². The van der Waals surface area contributed by atoms with Gasteiger partial charge in [-0.15, -0.1) is 0 Å². The number of fused-ring (bicyclic) bond motifs is 1. The van der Waals surface area contributed by atoms with E-state index >= 15 is 0 Å². The minimum atomic E-state index is 0.366. The number of aryl methyl sites for hydroxylation is 2. The molecule has 1 unspecified atom stereocenters. The van der Waals surface area contributed by atoms with Crippen LogP contribution in [0.3, 0.4) is 0 Å². The number of aromatic nitrogens is 6. The van der Waals surface area contributed by atoms with Crippen molar-refractivity contribution in [2.45, 2.75) is 38.9 Å². The average Bonchev–Trinajstić information content (AvgIpc) is 3.36. The third kappa shape index (κ3) is 3.69. The van der Waals surface area contributed by atoms with E-state index in [2.05, 4.69) is 44.8 Å². The van der Waals surface area contributed by atoms with Crippen LogP contribution in [0.25, 0.3) is 16.9 Å². The summed E-state index contributed by atoms with van der Waals surface area (Å²) < 4.78 is 3.98. The molecular weight excluding hydrogens is 362 g/mol. The van der Waals surface area contributed by atoms with Crippen LogP contribution in [-0.4, -0.2) is 35.6 Å². The average molecular weight is 385 g/mol. The normalized spacial score (nSPS) is 16.0. The summed E-state index contributed by atoms with van der Waals surface area (Å²) in [6.45, 7) is 3.54. The molecular formula is C22H23N7. The zero-order chi connectivity index (χ0) is 19.6. The molecule has 29 heavy (non-hydrogen) atoms. The van der Waals surface area contributed by atoms with Crippen LogP contribution < -0.4 is 5.32 Å². The maximum atomic E-state index is 4.86. The summed E-state index contributed by atoms with van der Waals surface area (Å²) >= 11 is 0. The van der Waals surface area contributed by atoms with Crippen molar-refractivity contribution in [2.24, 2.45) is 0 Å². The van der Waals surface area contributed by atoms with E-state index in [1.165, 1.54) is 0 Å². The molecule has 0 fully saturated rings. The van der Waals surface area contributed by atoms with Gasteiger partial charge in [0.05, 0.1) is 17.9 Å². The first-order valence-corrected chi connectivity index (χ1v) is 9.94. The molecule has 0 radical (unpaired) electrons. The molecule has 0 amide bonds. The van der Waals surface area contributed by atoms with Crippen LogP contribution in [0.2, 0.25) is 0 Å². The summed E-state index contributed by atoms with van der Waals surface area (Å²) in [5.41, 5.74) is 4.19. The number of nitrogens with zero attached hydrogens (tertiary/aromatic N) is 6. The molecule has 0 saturated carbocycles. The molecule has 0 aliphatic carbocycles. The lowest BCUT2D eigenvalue weighted by Gasteiger charge is -2.23. The van der Waals surface area contributed by atoms with Crippen molar-refractivity contribution in [3.63, 3.8) is 0 Å². The number of rotatable bonds is 5. The van der Waals surface area contributed by atoms with E-state index in [0.717, 1.165) is 60.1 Å². The second-order valence-electron chi connectivity index (χ2n) is 7.40. The van der Waals surface area contributed by atoms with Gasteiger partial charge in [-0.2, -0.15) is 10.2 Å². The lowest BCUT2D eigenvalue weighted by molar-refractivity contribution is 0.358. The van der Waals surface area contributed by atoms with E-state index < -0.39 is 0 Å². The minimum Gasteiger partial charge on any atom is -0.308 e. The molecule has 0 bridgehead atoms. The van der Waals surface area contributed by atoms with Gasteiger partial charge in [0.25, 0.3) is 0 Å². The summed E-state index contributed by atoms with van der Waals surface area (Å²) in [5, 5.41) is 13.1. The van der Waals surface area contributed by atoms with E-state index in [1.807, 2.05) is 46.7 Å². The van der Waals surface area contributed by atoms with Crippen LogP contribution >= 0.6 is 0 Å². The Balaban J connectivity index is 1.39. The van der Waals surface area contributed by atoms with Crippen molar-refractivity contribution in [2.75, 3.05) is 0 Å². The third-order valence-electron chi connectivity index (χ3n) is 5.29. The lowest BCUT2D eigenvalue weighted by atomic mass is 10.1.